The Hall–Kier alpha value is -2.35. The highest BCUT2D eigenvalue weighted by molar-refractivity contribution is 7.85. The fourth-order valence-electron chi connectivity index (χ4n) is 6.18. The van der Waals surface area contributed by atoms with E-state index < -0.39 is 16.2 Å². The van der Waals surface area contributed by atoms with E-state index >= 15 is 0 Å². The smallest absolute Gasteiger partial charge is 0.409 e. The van der Waals surface area contributed by atoms with Crippen molar-refractivity contribution in [2.75, 3.05) is 0 Å². The Kier molecular flexibility index (Phi) is 4.07. The van der Waals surface area contributed by atoms with E-state index in [1.807, 2.05) is 0 Å². The first-order chi connectivity index (χ1) is 13.7. The summed E-state index contributed by atoms with van der Waals surface area (Å²) in [7, 11) is -4.29. The summed E-state index contributed by atoms with van der Waals surface area (Å²) in [6, 6.07) is 5.90. The fourth-order valence-corrected chi connectivity index (χ4v) is 6.94. The second kappa shape index (κ2) is 6.32. The molecule has 4 saturated carbocycles. The van der Waals surface area contributed by atoms with Gasteiger partial charge in [0, 0.05) is 18.4 Å². The molecular weight excluding hydrogens is 394 g/mol. The molecule has 29 heavy (non-hydrogen) atoms. The maximum Gasteiger partial charge on any atom is 0.409 e. The first-order valence-corrected chi connectivity index (χ1v) is 11.4. The lowest BCUT2D eigenvalue weighted by Crippen LogP contribution is -2.48. The van der Waals surface area contributed by atoms with Crippen molar-refractivity contribution in [1.82, 2.24) is 4.72 Å². The summed E-state index contributed by atoms with van der Waals surface area (Å²) >= 11 is 0. The molecule has 4 aliphatic rings. The molecule has 4 fully saturated rings. The topological polar surface area (TPSA) is 103 Å². The molecule has 1 N–H and O–H groups in total. The second-order valence-corrected chi connectivity index (χ2v) is 10.3. The van der Waals surface area contributed by atoms with Gasteiger partial charge in [0.1, 0.15) is 17.1 Å². The molecule has 0 aliphatic heterocycles. The minimum Gasteiger partial charge on any atom is -0.460 e. The van der Waals surface area contributed by atoms with Gasteiger partial charge in [-0.15, -0.1) is 0 Å². The van der Waals surface area contributed by atoms with Crippen molar-refractivity contribution in [3.8, 4) is 5.75 Å². The molecule has 4 aliphatic carbocycles. The number of carbonyl (C=O) groups excluding carboxylic acids is 1. The molecule has 6 rings (SSSR count). The predicted molar refractivity (Wildman–Crippen MR) is 106 cm³/mol. The van der Waals surface area contributed by atoms with Gasteiger partial charge < -0.3 is 8.60 Å². The number of amides is 1. The molecular formula is C21H23NO6S. The van der Waals surface area contributed by atoms with Gasteiger partial charge in [-0.05, 0) is 74.5 Å². The Morgan fingerprint density at radius 3 is 2.31 bits per heavy atom. The van der Waals surface area contributed by atoms with E-state index in [2.05, 4.69) is 0 Å². The van der Waals surface area contributed by atoms with Crippen molar-refractivity contribution in [1.29, 1.82) is 0 Å². The number of hydrogen-bond donors (Lipinski definition) is 1. The van der Waals surface area contributed by atoms with E-state index in [9.17, 15) is 18.0 Å². The molecule has 7 nitrogen and oxygen atoms in total. The van der Waals surface area contributed by atoms with Crippen LogP contribution in [0.15, 0.2) is 33.5 Å². The van der Waals surface area contributed by atoms with Crippen molar-refractivity contribution in [2.24, 2.45) is 17.8 Å². The molecule has 0 atom stereocenters. The van der Waals surface area contributed by atoms with Crippen molar-refractivity contribution in [3.05, 3.63) is 40.2 Å². The summed E-state index contributed by atoms with van der Waals surface area (Å²) in [5.74, 6) is 2.16. The number of nitrogens with one attached hydrogen (secondary N) is 1. The molecule has 0 radical (unpaired) electrons. The molecule has 1 aromatic carbocycles. The average molecular weight is 417 g/mol. The molecule has 8 heteroatoms. The van der Waals surface area contributed by atoms with Crippen LogP contribution in [0.2, 0.25) is 0 Å². The van der Waals surface area contributed by atoms with Crippen molar-refractivity contribution in [2.45, 2.75) is 50.9 Å². The minimum atomic E-state index is -4.29. The summed E-state index contributed by atoms with van der Waals surface area (Å²) in [6.45, 7) is 1.07. The van der Waals surface area contributed by atoms with E-state index in [0.29, 0.717) is 5.58 Å². The van der Waals surface area contributed by atoms with Crippen LogP contribution in [0, 0.1) is 17.8 Å². The number of rotatable bonds is 4. The van der Waals surface area contributed by atoms with Crippen LogP contribution in [0.4, 0.5) is 0 Å². The molecule has 1 heterocycles. The van der Waals surface area contributed by atoms with Crippen LogP contribution in [-0.2, 0) is 20.5 Å². The molecule has 154 valence electrons. The quantitative estimate of drug-likeness (QED) is 0.820. The summed E-state index contributed by atoms with van der Waals surface area (Å²) in [4.78, 5) is 23.8. The lowest BCUT2D eigenvalue weighted by molar-refractivity contribution is -0.117. The summed E-state index contributed by atoms with van der Waals surface area (Å²) in [5, 5.41) is 0.258. The lowest BCUT2D eigenvalue weighted by Gasteiger charge is -2.56. The van der Waals surface area contributed by atoms with Crippen LogP contribution in [0.1, 0.15) is 51.2 Å². The molecule has 1 amide bonds. The van der Waals surface area contributed by atoms with Gasteiger partial charge in [0.2, 0.25) is 5.91 Å². The van der Waals surface area contributed by atoms with Gasteiger partial charge in [0.25, 0.3) is 0 Å². The highest BCUT2D eigenvalue weighted by Crippen LogP contribution is 2.60. The van der Waals surface area contributed by atoms with Gasteiger partial charge in [0.05, 0.1) is 5.39 Å². The third-order valence-electron chi connectivity index (χ3n) is 6.73. The van der Waals surface area contributed by atoms with Crippen molar-refractivity contribution in [3.63, 3.8) is 0 Å². The van der Waals surface area contributed by atoms with Gasteiger partial charge in [-0.3, -0.25) is 9.59 Å². The van der Waals surface area contributed by atoms with E-state index in [-0.39, 0.29) is 22.0 Å². The second-order valence-electron chi connectivity index (χ2n) is 9.03. The van der Waals surface area contributed by atoms with E-state index in [1.54, 1.807) is 16.9 Å². The van der Waals surface area contributed by atoms with Crippen LogP contribution >= 0.6 is 0 Å². The highest BCUT2D eigenvalue weighted by Gasteiger charge is 2.53. The Labute approximate surface area is 168 Å². The SMILES string of the molecule is CC(=O)NS(=O)(=O)Oc1ccc2oc(C34CC5CC(CC(C5)C3)C4)cc(=O)c2c1. The molecule has 1 aromatic heterocycles. The molecule has 0 spiro atoms. The van der Waals surface area contributed by atoms with Gasteiger partial charge in [-0.2, -0.15) is 8.42 Å². The summed E-state index contributed by atoms with van der Waals surface area (Å²) < 4.78 is 36.4. The van der Waals surface area contributed by atoms with Gasteiger partial charge in [-0.25, -0.2) is 4.72 Å². The number of benzene rings is 1. The monoisotopic (exact) mass is 417 g/mol. The van der Waals surface area contributed by atoms with Crippen LogP contribution in [0.25, 0.3) is 11.0 Å². The van der Waals surface area contributed by atoms with Crippen LogP contribution in [0.5, 0.6) is 5.75 Å². The van der Waals surface area contributed by atoms with Crippen LogP contribution < -0.4 is 14.3 Å². The maximum atomic E-state index is 12.9. The maximum absolute atomic E-state index is 12.9. The van der Waals surface area contributed by atoms with E-state index in [0.717, 1.165) is 49.7 Å². The Morgan fingerprint density at radius 2 is 1.72 bits per heavy atom. The summed E-state index contributed by atoms with van der Waals surface area (Å²) in [6.07, 6.45) is 7.18. The molecule has 4 bridgehead atoms. The van der Waals surface area contributed by atoms with Crippen LogP contribution in [-0.4, -0.2) is 14.3 Å². The summed E-state index contributed by atoms with van der Waals surface area (Å²) in [5.41, 5.74) is 0.179. The zero-order valence-electron chi connectivity index (χ0n) is 16.1. The third kappa shape index (κ3) is 3.33. The first kappa shape index (κ1) is 18.7. The number of carbonyl (C=O) groups is 1. The zero-order valence-corrected chi connectivity index (χ0v) is 17.0. The zero-order chi connectivity index (χ0) is 20.4. The molecule has 0 saturated heterocycles. The highest BCUT2D eigenvalue weighted by atomic mass is 32.2. The van der Waals surface area contributed by atoms with Gasteiger partial charge in [-0.1, -0.05) is 0 Å². The molecule has 0 unspecified atom stereocenters. The normalized spacial score (nSPS) is 30.4. The van der Waals surface area contributed by atoms with E-state index in [4.69, 9.17) is 8.60 Å². The standard InChI is InChI=1S/C21H23NO6S/c1-12(23)22-29(25,26)28-16-2-3-19-17(7-16)18(24)8-20(27-19)21-9-13-4-14(10-21)6-15(5-13)11-21/h2-3,7-8,13-15H,4-6,9-11H2,1H3,(H,22,23). The predicted octanol–water partition coefficient (Wildman–Crippen LogP) is 3.02. The van der Waals surface area contributed by atoms with Crippen LogP contribution in [0.3, 0.4) is 0 Å². The average Bonchev–Trinajstić information content (AvgIpc) is 2.59. The van der Waals surface area contributed by atoms with Crippen molar-refractivity contribution >= 4 is 27.2 Å². The van der Waals surface area contributed by atoms with Gasteiger partial charge >= 0.3 is 10.3 Å². The largest absolute Gasteiger partial charge is 0.460 e. The number of fused-ring (bicyclic) bond motifs is 1. The third-order valence-corrected chi connectivity index (χ3v) is 7.68. The molecule has 2 aromatic rings. The Bertz CT molecular complexity index is 1130. The van der Waals surface area contributed by atoms with Crippen molar-refractivity contribution < 1.29 is 21.8 Å². The fraction of sp³-hybridized carbons (Fsp3) is 0.524. The minimum absolute atomic E-state index is 0.0357. The van der Waals surface area contributed by atoms with Gasteiger partial charge in [0.15, 0.2) is 5.43 Å². The first-order valence-electron chi connectivity index (χ1n) is 10.0. The Balaban J connectivity index is 1.50. The lowest BCUT2D eigenvalue weighted by atomic mass is 9.49. The Morgan fingerprint density at radius 1 is 1.10 bits per heavy atom. The number of hydrogen-bond acceptors (Lipinski definition) is 6. The van der Waals surface area contributed by atoms with E-state index in [1.165, 1.54) is 31.4 Å².